The molecule has 0 atom stereocenters. The van der Waals surface area contributed by atoms with Gasteiger partial charge in [-0.05, 0) is 133 Å². The first-order chi connectivity index (χ1) is 35.4. The fourth-order valence-electron chi connectivity index (χ4n) is 9.85. The lowest BCUT2D eigenvalue weighted by Crippen LogP contribution is -2.37. The van der Waals surface area contributed by atoms with Crippen molar-refractivity contribution in [3.63, 3.8) is 0 Å². The van der Waals surface area contributed by atoms with Crippen molar-refractivity contribution in [1.29, 1.82) is 0 Å². The average Bonchev–Trinajstić information content (AvgIpc) is 3.74. The van der Waals surface area contributed by atoms with Gasteiger partial charge in [0.1, 0.15) is 11.6 Å². The summed E-state index contributed by atoms with van der Waals surface area (Å²) >= 11 is 0. The molecule has 372 valence electrons. The molecule has 0 fully saturated rings. The summed E-state index contributed by atoms with van der Waals surface area (Å²) in [5, 5.41) is 13.8. The van der Waals surface area contributed by atoms with Crippen molar-refractivity contribution in [3.8, 4) is 78.6 Å². The lowest BCUT2D eigenvalue weighted by Gasteiger charge is -2.28. The van der Waals surface area contributed by atoms with Crippen LogP contribution in [0.2, 0.25) is 19.6 Å². The number of aryl methyl sites for hydroxylation is 1. The largest absolute Gasteiger partial charge is 0.507 e. The Bertz CT molecular complexity index is 3650. The van der Waals surface area contributed by atoms with E-state index in [1.54, 1.807) is 0 Å². The topological polar surface area (TPSA) is 50.9 Å². The molecule has 4 nitrogen and oxygen atoms in total. The van der Waals surface area contributed by atoms with Gasteiger partial charge >= 0.3 is 0 Å². The van der Waals surface area contributed by atoms with Crippen molar-refractivity contribution in [2.75, 3.05) is 0 Å². The predicted molar refractivity (Wildman–Crippen MR) is 316 cm³/mol. The van der Waals surface area contributed by atoms with E-state index in [-0.39, 0.29) is 27.4 Å². The van der Waals surface area contributed by atoms with Gasteiger partial charge in [0.2, 0.25) is 0 Å². The summed E-state index contributed by atoms with van der Waals surface area (Å²) in [5.41, 5.74) is 16.9. The Morgan fingerprint density at radius 1 is 0.479 bits per heavy atom. The highest BCUT2D eigenvalue weighted by Gasteiger charge is 2.30. The number of benzene rings is 7. The summed E-state index contributed by atoms with van der Waals surface area (Å²) in [4.78, 5) is 10.7. The number of hydrogen-bond acceptors (Lipinski definition) is 3. The first-order valence-corrected chi connectivity index (χ1v) is 29.4. The number of imidazole rings is 1. The molecule has 0 aliphatic heterocycles. The number of phenols is 1. The highest BCUT2D eigenvalue weighted by Crippen LogP contribution is 2.46. The fourth-order valence-corrected chi connectivity index (χ4v) is 11.0. The maximum Gasteiger partial charge on any atom is 0.149 e. The molecule has 1 N–H and O–H groups in total. The van der Waals surface area contributed by atoms with Crippen molar-refractivity contribution < 1.29 is 9.22 Å². The fraction of sp³-hybridized carbons (Fsp3) is 0.294. The maximum atomic E-state index is 12.6. The summed E-state index contributed by atoms with van der Waals surface area (Å²) in [6, 6.07) is 53.4. The minimum absolute atomic E-state index is 0.0988. The molecule has 0 saturated heterocycles. The lowest BCUT2D eigenvalue weighted by atomic mass is 9.79. The van der Waals surface area contributed by atoms with Crippen LogP contribution in [0.3, 0.4) is 0 Å². The molecular formula is C68H75N3OSi. The van der Waals surface area contributed by atoms with E-state index < -0.39 is 14.9 Å². The second-order valence-corrected chi connectivity index (χ2v) is 30.4. The van der Waals surface area contributed by atoms with Gasteiger partial charge in [0.05, 0.1) is 36.1 Å². The number of fused-ring (bicyclic) bond motifs is 1. The van der Waals surface area contributed by atoms with Crippen molar-refractivity contribution >= 4 is 24.3 Å². The van der Waals surface area contributed by atoms with Crippen LogP contribution in [0.1, 0.15) is 115 Å². The van der Waals surface area contributed by atoms with Crippen molar-refractivity contribution in [2.45, 2.75) is 131 Å². The number of para-hydroxylation sites is 1. The summed E-state index contributed by atoms with van der Waals surface area (Å²) in [6.45, 7) is 31.1. The molecule has 9 aromatic rings. The van der Waals surface area contributed by atoms with Crippen molar-refractivity contribution in [3.05, 3.63) is 186 Å². The maximum absolute atomic E-state index is 12.6. The van der Waals surface area contributed by atoms with E-state index in [0.717, 1.165) is 94.4 Å². The molecule has 0 saturated carbocycles. The highest BCUT2D eigenvalue weighted by atomic mass is 28.3. The third kappa shape index (κ3) is 10.3. The van der Waals surface area contributed by atoms with Crippen LogP contribution in [0.5, 0.6) is 5.75 Å². The van der Waals surface area contributed by atoms with Gasteiger partial charge < -0.3 is 5.11 Å². The van der Waals surface area contributed by atoms with Crippen LogP contribution in [-0.4, -0.2) is 27.7 Å². The molecule has 0 unspecified atom stereocenters. The monoisotopic (exact) mass is 981 g/mol. The Kier molecular flexibility index (Phi) is 12.0. The van der Waals surface area contributed by atoms with Gasteiger partial charge in [-0.1, -0.05) is 211 Å². The summed E-state index contributed by atoms with van der Waals surface area (Å²) < 4.78 is 27.6. The number of phenolic OH excluding ortho intramolecular Hbond substituents is 1. The van der Waals surface area contributed by atoms with Gasteiger partial charge in [-0.3, -0.25) is 9.55 Å². The van der Waals surface area contributed by atoms with E-state index in [9.17, 15) is 5.11 Å². The number of hydrogen-bond donors (Lipinski definition) is 1. The Morgan fingerprint density at radius 3 is 1.75 bits per heavy atom. The number of aromatic hydroxyl groups is 1. The van der Waals surface area contributed by atoms with Crippen LogP contribution < -0.4 is 5.19 Å². The van der Waals surface area contributed by atoms with Crippen LogP contribution in [0.15, 0.2) is 158 Å². The van der Waals surface area contributed by atoms with E-state index >= 15 is 0 Å². The van der Waals surface area contributed by atoms with E-state index in [1.807, 2.05) is 36.5 Å². The molecule has 0 radical (unpaired) electrons. The van der Waals surface area contributed by atoms with Gasteiger partial charge in [-0.15, -0.1) is 0 Å². The highest BCUT2D eigenvalue weighted by molar-refractivity contribution is 6.88. The molecule has 0 aliphatic rings. The molecule has 0 bridgehead atoms. The normalized spacial score (nSPS) is 13.5. The number of aromatic nitrogens is 3. The molecule has 2 aromatic heterocycles. The molecule has 5 heteroatoms. The molecule has 2 heterocycles. The third-order valence-electron chi connectivity index (χ3n) is 14.5. The van der Waals surface area contributed by atoms with Crippen LogP contribution in [0.25, 0.3) is 83.9 Å². The first kappa shape index (κ1) is 47.2. The summed E-state index contributed by atoms with van der Waals surface area (Å²) in [7, 11) is -1.73. The Hall–Kier alpha value is -6.82. The molecule has 0 spiro atoms. The van der Waals surface area contributed by atoms with E-state index in [2.05, 4.69) is 229 Å². The van der Waals surface area contributed by atoms with E-state index in [1.165, 1.54) is 5.56 Å². The predicted octanol–water partition coefficient (Wildman–Crippen LogP) is 18.2. The number of pyridine rings is 1. The SMILES string of the molecule is [2H]C([2H])([2H])c1cc([Si](C)(C)C)ccc1-c1ccc(-c2ccnc(-c3cc(-c4cccc5c4nc(-c4cc(C(C)(C)C)cc(C(C)(C)C)c4O)n5-c4ccc(C(C)(C)C)cc4-c4ccccc4)cc(C(C)(C)C)c3)c2)cc1. The lowest BCUT2D eigenvalue weighted by molar-refractivity contribution is 0.446. The van der Waals surface area contributed by atoms with Gasteiger partial charge in [0.15, 0.2) is 0 Å². The molecule has 73 heavy (non-hydrogen) atoms. The molecular weight excluding hydrogens is 903 g/mol. The zero-order valence-corrected chi connectivity index (χ0v) is 46.8. The minimum Gasteiger partial charge on any atom is -0.507 e. The third-order valence-corrected chi connectivity index (χ3v) is 16.5. The minimum atomic E-state index is -2.24. The standard InChI is InChI=1S/C68H75N3OSi/c1-43-35-53(73(14,15)16)30-31-54(43)46-27-25-44(26-28-46)47-33-34-69-59(39-47)49-36-48(37-51(38-49)66(5,6)7)55-23-20-24-61-62(55)70-64(57-41-52(67(8,9)10)42-58(63(57)72)68(11,12)13)71(61)60-32-29-50(65(2,3)4)40-56(60)45-21-18-17-19-22-45/h17-42,72H,1-16H3/i1D3. The van der Waals surface area contributed by atoms with Crippen LogP contribution in [0, 0.1) is 6.85 Å². The molecule has 9 rings (SSSR count). The molecule has 0 amide bonds. The summed E-state index contributed by atoms with van der Waals surface area (Å²) in [6.07, 6.45) is 1.87. The smallest absolute Gasteiger partial charge is 0.149 e. The van der Waals surface area contributed by atoms with Crippen molar-refractivity contribution in [1.82, 2.24) is 14.5 Å². The van der Waals surface area contributed by atoms with E-state index in [0.29, 0.717) is 17.0 Å². The molecule has 0 aliphatic carbocycles. The Labute approximate surface area is 441 Å². The van der Waals surface area contributed by atoms with Gasteiger partial charge in [-0.2, -0.15) is 0 Å². The van der Waals surface area contributed by atoms with Crippen molar-refractivity contribution in [2.24, 2.45) is 0 Å². The summed E-state index contributed by atoms with van der Waals surface area (Å²) in [5.74, 6) is 0.906. The second-order valence-electron chi connectivity index (χ2n) is 25.3. The zero-order valence-electron chi connectivity index (χ0n) is 48.8. The van der Waals surface area contributed by atoms with Crippen LogP contribution in [0.4, 0.5) is 0 Å². The average molecular weight is 981 g/mol. The van der Waals surface area contributed by atoms with Crippen LogP contribution >= 0.6 is 0 Å². The Balaban J connectivity index is 1.24. The van der Waals surface area contributed by atoms with Gasteiger partial charge in [0.25, 0.3) is 0 Å². The quantitative estimate of drug-likeness (QED) is 0.154. The number of rotatable bonds is 8. The van der Waals surface area contributed by atoms with Gasteiger partial charge in [0, 0.05) is 32.6 Å². The Morgan fingerprint density at radius 2 is 1.11 bits per heavy atom. The molecule has 7 aromatic carbocycles. The van der Waals surface area contributed by atoms with E-state index in [4.69, 9.17) is 14.1 Å². The van der Waals surface area contributed by atoms with Gasteiger partial charge in [-0.25, -0.2) is 4.98 Å². The zero-order chi connectivity index (χ0) is 55.1. The second kappa shape index (κ2) is 18.6. The first-order valence-electron chi connectivity index (χ1n) is 27.4. The van der Waals surface area contributed by atoms with Crippen LogP contribution in [-0.2, 0) is 21.7 Å². The number of nitrogens with zero attached hydrogens (tertiary/aromatic N) is 3.